The van der Waals surface area contributed by atoms with Gasteiger partial charge in [-0.05, 0) is 45.4 Å². The topological polar surface area (TPSA) is 80.4 Å². The molecule has 1 aliphatic heterocycles. The lowest BCUT2D eigenvalue weighted by Gasteiger charge is -2.22. The summed E-state index contributed by atoms with van der Waals surface area (Å²) in [6.45, 7) is 7.81. The molecule has 0 unspecified atom stereocenters. The molecule has 0 amide bonds. The van der Waals surface area contributed by atoms with Crippen molar-refractivity contribution >= 4 is 34.6 Å². The minimum Gasteiger partial charge on any atom is -0.481 e. The standard InChI is InChI=1S/C20H19ClN4O2S/c1-10-11(2)28-18-16(10)17(13-5-7-14(21)8-6-13)22-20(4,9-15(26)27)19-24-23-12(3)25(18)19/h5-8H,9H2,1-4H3,(H,26,27)/t20-/m0/s1. The third-order valence-electron chi connectivity index (χ3n) is 5.08. The molecule has 0 saturated heterocycles. The van der Waals surface area contributed by atoms with E-state index in [-0.39, 0.29) is 6.42 Å². The van der Waals surface area contributed by atoms with E-state index in [1.807, 2.05) is 35.8 Å². The summed E-state index contributed by atoms with van der Waals surface area (Å²) in [6, 6.07) is 7.46. The summed E-state index contributed by atoms with van der Waals surface area (Å²) >= 11 is 7.72. The van der Waals surface area contributed by atoms with Gasteiger partial charge in [0.25, 0.3) is 0 Å². The highest BCUT2D eigenvalue weighted by Crippen LogP contribution is 2.41. The van der Waals surface area contributed by atoms with Gasteiger partial charge in [-0.3, -0.25) is 14.4 Å². The number of aryl methyl sites for hydroxylation is 2. The third kappa shape index (κ3) is 2.86. The Labute approximate surface area is 171 Å². The molecular weight excluding hydrogens is 396 g/mol. The molecule has 3 heterocycles. The molecule has 6 nitrogen and oxygen atoms in total. The van der Waals surface area contributed by atoms with E-state index in [1.165, 1.54) is 4.88 Å². The van der Waals surface area contributed by atoms with Crippen LogP contribution in [0.25, 0.3) is 5.00 Å². The first kappa shape index (κ1) is 18.8. The SMILES string of the molecule is Cc1sc2c(c1C)C(c1ccc(Cl)cc1)=N[C@@](C)(CC(=O)O)c1nnc(C)n1-2. The van der Waals surface area contributed by atoms with Crippen molar-refractivity contribution in [3.8, 4) is 5.00 Å². The molecule has 2 aromatic heterocycles. The number of aromatic nitrogens is 3. The molecule has 0 bridgehead atoms. The first-order valence-electron chi connectivity index (χ1n) is 8.82. The molecule has 0 aliphatic carbocycles. The van der Waals surface area contributed by atoms with Crippen LogP contribution in [0.1, 0.15) is 46.6 Å². The van der Waals surface area contributed by atoms with Gasteiger partial charge in [0.2, 0.25) is 0 Å². The van der Waals surface area contributed by atoms with Crippen molar-refractivity contribution in [3.05, 3.63) is 62.5 Å². The van der Waals surface area contributed by atoms with Crippen molar-refractivity contribution in [2.24, 2.45) is 4.99 Å². The first-order valence-corrected chi connectivity index (χ1v) is 10.0. The lowest BCUT2D eigenvalue weighted by molar-refractivity contribution is -0.138. The number of halogens is 1. The summed E-state index contributed by atoms with van der Waals surface area (Å²) in [5.74, 6) is 0.313. The summed E-state index contributed by atoms with van der Waals surface area (Å²) in [4.78, 5) is 17.8. The Morgan fingerprint density at radius 2 is 1.89 bits per heavy atom. The minimum absolute atomic E-state index is 0.185. The van der Waals surface area contributed by atoms with Crippen molar-refractivity contribution in [1.82, 2.24) is 14.8 Å². The predicted octanol–water partition coefficient (Wildman–Crippen LogP) is 4.45. The van der Waals surface area contributed by atoms with Gasteiger partial charge in [0.1, 0.15) is 16.4 Å². The molecule has 0 spiro atoms. The van der Waals surface area contributed by atoms with Gasteiger partial charge in [0, 0.05) is 21.0 Å². The van der Waals surface area contributed by atoms with E-state index < -0.39 is 11.5 Å². The van der Waals surface area contributed by atoms with Crippen LogP contribution in [0, 0.1) is 20.8 Å². The molecule has 0 radical (unpaired) electrons. The van der Waals surface area contributed by atoms with Crippen molar-refractivity contribution in [1.29, 1.82) is 0 Å². The summed E-state index contributed by atoms with van der Waals surface area (Å²) in [6.07, 6.45) is -0.185. The summed E-state index contributed by atoms with van der Waals surface area (Å²) in [7, 11) is 0. The van der Waals surface area contributed by atoms with E-state index >= 15 is 0 Å². The zero-order valence-corrected chi connectivity index (χ0v) is 17.5. The molecule has 1 aromatic carbocycles. The van der Waals surface area contributed by atoms with E-state index in [1.54, 1.807) is 18.3 Å². The molecule has 0 saturated carbocycles. The van der Waals surface area contributed by atoms with Crippen LogP contribution in [0.3, 0.4) is 0 Å². The van der Waals surface area contributed by atoms with Crippen molar-refractivity contribution in [2.75, 3.05) is 0 Å². The Morgan fingerprint density at radius 1 is 1.21 bits per heavy atom. The molecule has 4 rings (SSSR count). The number of rotatable bonds is 3. The van der Waals surface area contributed by atoms with Crippen LogP contribution in [-0.4, -0.2) is 31.6 Å². The average Bonchev–Trinajstić information content (AvgIpc) is 3.11. The Morgan fingerprint density at radius 3 is 2.54 bits per heavy atom. The number of fused-ring (bicyclic) bond motifs is 3. The zero-order valence-electron chi connectivity index (χ0n) is 15.9. The van der Waals surface area contributed by atoms with Crippen LogP contribution in [0.2, 0.25) is 5.02 Å². The number of hydrogen-bond donors (Lipinski definition) is 1. The first-order chi connectivity index (χ1) is 13.2. The number of thiophene rings is 1. The largest absolute Gasteiger partial charge is 0.481 e. The Bertz CT molecular complexity index is 1130. The fourth-order valence-electron chi connectivity index (χ4n) is 3.58. The summed E-state index contributed by atoms with van der Waals surface area (Å²) in [5.41, 5.74) is 2.69. The lowest BCUT2D eigenvalue weighted by atomic mass is 9.95. The van der Waals surface area contributed by atoms with Crippen molar-refractivity contribution in [2.45, 2.75) is 39.7 Å². The highest BCUT2D eigenvalue weighted by Gasteiger charge is 2.40. The van der Waals surface area contributed by atoms with Gasteiger partial charge in [-0.2, -0.15) is 0 Å². The third-order valence-corrected chi connectivity index (χ3v) is 6.53. The van der Waals surface area contributed by atoms with Crippen LogP contribution in [0.4, 0.5) is 0 Å². The minimum atomic E-state index is -1.05. The van der Waals surface area contributed by atoms with E-state index in [0.717, 1.165) is 27.4 Å². The number of aliphatic carboxylic acids is 1. The van der Waals surface area contributed by atoms with Gasteiger partial charge >= 0.3 is 5.97 Å². The van der Waals surface area contributed by atoms with Crippen LogP contribution >= 0.6 is 22.9 Å². The number of hydrogen-bond acceptors (Lipinski definition) is 5. The average molecular weight is 415 g/mol. The number of carbonyl (C=O) groups is 1. The van der Waals surface area contributed by atoms with Gasteiger partial charge in [0.05, 0.1) is 12.1 Å². The summed E-state index contributed by atoms with van der Waals surface area (Å²) < 4.78 is 1.95. The van der Waals surface area contributed by atoms with Crippen molar-refractivity contribution in [3.63, 3.8) is 0 Å². The van der Waals surface area contributed by atoms with Gasteiger partial charge in [-0.15, -0.1) is 21.5 Å². The highest BCUT2D eigenvalue weighted by atomic mass is 35.5. The molecule has 3 aromatic rings. The highest BCUT2D eigenvalue weighted by molar-refractivity contribution is 7.15. The number of carboxylic acids is 1. The maximum absolute atomic E-state index is 11.7. The number of carboxylic acid groups (broad SMARTS) is 1. The molecule has 0 fully saturated rings. The second-order valence-corrected chi connectivity index (χ2v) is 8.82. The van der Waals surface area contributed by atoms with Gasteiger partial charge in [0.15, 0.2) is 5.82 Å². The van der Waals surface area contributed by atoms with Gasteiger partial charge in [-0.25, -0.2) is 0 Å². The smallest absolute Gasteiger partial charge is 0.306 e. The second kappa shape index (κ2) is 6.53. The van der Waals surface area contributed by atoms with Crippen LogP contribution < -0.4 is 0 Å². The maximum Gasteiger partial charge on any atom is 0.306 e. The molecule has 1 atom stereocenters. The monoisotopic (exact) mass is 414 g/mol. The van der Waals surface area contributed by atoms with Crippen LogP contribution in [0.15, 0.2) is 29.3 Å². The fraction of sp³-hybridized carbons (Fsp3) is 0.300. The van der Waals surface area contributed by atoms with Gasteiger partial charge in [-0.1, -0.05) is 23.7 Å². The fourth-order valence-corrected chi connectivity index (χ4v) is 4.91. The van der Waals surface area contributed by atoms with Gasteiger partial charge < -0.3 is 5.11 Å². The van der Waals surface area contributed by atoms with Crippen molar-refractivity contribution < 1.29 is 9.90 Å². The number of nitrogens with zero attached hydrogens (tertiary/aromatic N) is 4. The number of aliphatic imine (C=N–C) groups is 1. The number of benzene rings is 1. The maximum atomic E-state index is 11.7. The van der Waals surface area contributed by atoms with E-state index in [4.69, 9.17) is 16.6 Å². The van der Waals surface area contributed by atoms with Crippen LogP contribution in [0.5, 0.6) is 0 Å². The molecule has 1 N–H and O–H groups in total. The normalized spacial score (nSPS) is 18.2. The zero-order chi connectivity index (χ0) is 20.2. The molecule has 8 heteroatoms. The molecule has 28 heavy (non-hydrogen) atoms. The quantitative estimate of drug-likeness (QED) is 0.686. The second-order valence-electron chi connectivity index (χ2n) is 7.18. The Balaban J connectivity index is 2.10. The summed E-state index contributed by atoms with van der Waals surface area (Å²) in [5, 5.41) is 19.7. The Hall–Kier alpha value is -2.51. The van der Waals surface area contributed by atoms with E-state index in [0.29, 0.717) is 16.7 Å². The predicted molar refractivity (Wildman–Crippen MR) is 110 cm³/mol. The molecular formula is C20H19ClN4O2S. The molecule has 144 valence electrons. The van der Waals surface area contributed by atoms with E-state index in [9.17, 15) is 9.90 Å². The van der Waals surface area contributed by atoms with E-state index in [2.05, 4.69) is 24.0 Å². The van der Waals surface area contributed by atoms with Crippen LogP contribution in [-0.2, 0) is 10.3 Å². The molecule has 1 aliphatic rings. The lowest BCUT2D eigenvalue weighted by Crippen LogP contribution is -2.27. The Kier molecular flexibility index (Phi) is 4.39.